The molecular weight excluding hydrogens is 741 g/mol. The summed E-state index contributed by atoms with van der Waals surface area (Å²) < 4.78 is 21.8. The van der Waals surface area contributed by atoms with Crippen molar-refractivity contribution < 1.29 is 53.8 Å². The number of carbonyl (C=O) groups is 3. The molecule has 0 bridgehead atoms. The van der Waals surface area contributed by atoms with Crippen molar-refractivity contribution in [3.8, 4) is 0 Å². The van der Waals surface area contributed by atoms with Crippen LogP contribution in [0.25, 0.3) is 0 Å². The molecule has 1 rings (SSSR count). The Kier molecular flexibility index (Phi) is 35.3. The third kappa shape index (κ3) is 29.2. The van der Waals surface area contributed by atoms with Crippen molar-refractivity contribution in [2.24, 2.45) is 0 Å². The van der Waals surface area contributed by atoms with Gasteiger partial charge in [-0.2, -0.15) is 0 Å². The van der Waals surface area contributed by atoms with E-state index in [1.54, 1.807) is 0 Å². The van der Waals surface area contributed by atoms with Crippen molar-refractivity contribution in [2.45, 2.75) is 256 Å². The van der Waals surface area contributed by atoms with Crippen LogP contribution >= 0.6 is 0 Å². The van der Waals surface area contributed by atoms with E-state index in [9.17, 15) is 34.8 Å². The monoisotopic (exact) mass is 827 g/mol. The maximum atomic E-state index is 12.8. The lowest BCUT2D eigenvalue weighted by molar-refractivity contribution is -0.298. The van der Waals surface area contributed by atoms with E-state index in [-0.39, 0.29) is 26.1 Å². The number of carbonyl (C=O) groups excluding carboxylic acids is 2. The summed E-state index contributed by atoms with van der Waals surface area (Å²) in [4.78, 5) is 36.8. The molecule has 11 nitrogen and oxygen atoms in total. The minimum atomic E-state index is -1.86. The van der Waals surface area contributed by atoms with Crippen LogP contribution in [-0.4, -0.2) is 88.4 Å². The number of carboxylic acid groups (broad SMARTS) is 1. The minimum absolute atomic E-state index is 0.187. The van der Waals surface area contributed by atoms with Crippen LogP contribution in [0.2, 0.25) is 0 Å². The zero-order valence-corrected chi connectivity index (χ0v) is 36.8. The van der Waals surface area contributed by atoms with Crippen LogP contribution in [0.4, 0.5) is 0 Å². The molecule has 0 aromatic carbocycles. The molecule has 0 spiro atoms. The lowest BCUT2D eigenvalue weighted by Crippen LogP contribution is -2.60. The highest BCUT2D eigenvalue weighted by Gasteiger charge is 2.47. The smallest absolute Gasteiger partial charge is 0.335 e. The molecule has 4 N–H and O–H groups in total. The van der Waals surface area contributed by atoms with Gasteiger partial charge in [0.05, 0.1) is 6.61 Å². The van der Waals surface area contributed by atoms with Crippen LogP contribution in [0.1, 0.15) is 219 Å². The molecule has 0 aliphatic carbocycles. The number of ether oxygens (including phenoxy) is 4. The van der Waals surface area contributed by atoms with Crippen molar-refractivity contribution in [3.63, 3.8) is 0 Å². The molecule has 0 aromatic heterocycles. The van der Waals surface area contributed by atoms with Gasteiger partial charge >= 0.3 is 17.9 Å². The van der Waals surface area contributed by atoms with E-state index in [1.807, 2.05) is 0 Å². The Morgan fingerprint density at radius 1 is 0.517 bits per heavy atom. The van der Waals surface area contributed by atoms with E-state index in [4.69, 9.17) is 18.9 Å². The molecule has 6 unspecified atom stereocenters. The third-order valence-corrected chi connectivity index (χ3v) is 11.1. The first-order chi connectivity index (χ1) is 28.2. The van der Waals surface area contributed by atoms with Gasteiger partial charge in [0, 0.05) is 12.8 Å². The molecule has 340 valence electrons. The van der Waals surface area contributed by atoms with E-state index in [1.165, 1.54) is 122 Å². The Morgan fingerprint density at radius 2 is 0.914 bits per heavy atom. The van der Waals surface area contributed by atoms with E-state index in [0.29, 0.717) is 12.8 Å². The second-order valence-electron chi connectivity index (χ2n) is 16.6. The zero-order chi connectivity index (χ0) is 42.5. The number of aliphatic hydroxyl groups is 3. The summed E-state index contributed by atoms with van der Waals surface area (Å²) >= 11 is 0. The van der Waals surface area contributed by atoms with Gasteiger partial charge in [0.25, 0.3) is 0 Å². The fourth-order valence-corrected chi connectivity index (χ4v) is 7.35. The second kappa shape index (κ2) is 37.9. The molecule has 1 aliphatic rings. The summed E-state index contributed by atoms with van der Waals surface area (Å²) in [6, 6.07) is 0. The van der Waals surface area contributed by atoms with Crippen LogP contribution in [-0.2, 0) is 33.3 Å². The Labute approximate surface area is 352 Å². The normalized spacial score (nSPS) is 20.1. The number of carboxylic acids is 1. The average Bonchev–Trinajstić information content (AvgIpc) is 3.21. The molecule has 1 saturated heterocycles. The molecule has 11 heteroatoms. The predicted molar refractivity (Wildman–Crippen MR) is 229 cm³/mol. The fourth-order valence-electron chi connectivity index (χ4n) is 7.35. The van der Waals surface area contributed by atoms with Crippen molar-refractivity contribution in [1.29, 1.82) is 0 Å². The number of hydrogen-bond donors (Lipinski definition) is 4. The molecule has 1 heterocycles. The SMILES string of the molecule is CCCCCCC/C=C\CCCCCCCC(=O)OCC(COC1OC(C(=O)O)C(O)C(O)C1O)OC(=O)CCCCCCCCCCCCCCCCCCCC. The van der Waals surface area contributed by atoms with E-state index >= 15 is 0 Å². The van der Waals surface area contributed by atoms with Gasteiger partial charge in [-0.1, -0.05) is 180 Å². The Hall–Kier alpha value is -2.05. The second-order valence-corrected chi connectivity index (χ2v) is 16.6. The highest BCUT2D eigenvalue weighted by Crippen LogP contribution is 2.23. The first-order valence-corrected chi connectivity index (χ1v) is 23.7. The Morgan fingerprint density at radius 3 is 1.34 bits per heavy atom. The zero-order valence-electron chi connectivity index (χ0n) is 36.8. The molecule has 0 amide bonds. The summed E-state index contributed by atoms with van der Waals surface area (Å²) in [5, 5.41) is 39.8. The van der Waals surface area contributed by atoms with Gasteiger partial charge in [-0.25, -0.2) is 4.79 Å². The Bertz CT molecular complexity index is 1020. The molecule has 0 aromatic rings. The third-order valence-electron chi connectivity index (χ3n) is 11.1. The van der Waals surface area contributed by atoms with Gasteiger partial charge in [0.1, 0.15) is 24.9 Å². The number of hydrogen-bond acceptors (Lipinski definition) is 10. The summed E-state index contributed by atoms with van der Waals surface area (Å²) in [5.41, 5.74) is 0. The van der Waals surface area contributed by atoms with E-state index in [0.717, 1.165) is 57.8 Å². The standard InChI is InChI=1S/C47H86O11/c1-3-5-7-9-11-13-15-17-19-20-21-22-24-26-28-30-32-34-36-41(49)57-39(38-56-47-44(52)42(50)43(51)45(58-47)46(53)54)37-55-40(48)35-33-31-29-27-25-23-18-16-14-12-10-8-6-4-2/h16,18,39,42-45,47,50-52H,3-15,17,19-38H2,1-2H3,(H,53,54)/b18-16-. The lowest BCUT2D eigenvalue weighted by Gasteiger charge is -2.38. The Balaban J connectivity index is 2.33. The van der Waals surface area contributed by atoms with Crippen molar-refractivity contribution in [3.05, 3.63) is 12.2 Å². The van der Waals surface area contributed by atoms with E-state index in [2.05, 4.69) is 26.0 Å². The number of allylic oxidation sites excluding steroid dienone is 2. The van der Waals surface area contributed by atoms with Crippen molar-refractivity contribution in [2.75, 3.05) is 13.2 Å². The van der Waals surface area contributed by atoms with Crippen LogP contribution in [0.5, 0.6) is 0 Å². The minimum Gasteiger partial charge on any atom is -0.479 e. The predicted octanol–water partition coefficient (Wildman–Crippen LogP) is 10.4. The summed E-state index contributed by atoms with van der Waals surface area (Å²) in [5.74, 6) is -2.44. The number of unbranched alkanes of at least 4 members (excludes halogenated alkanes) is 27. The number of esters is 2. The van der Waals surface area contributed by atoms with Gasteiger partial charge < -0.3 is 39.4 Å². The molecule has 1 aliphatic heterocycles. The largest absolute Gasteiger partial charge is 0.479 e. The number of aliphatic hydroxyl groups excluding tert-OH is 3. The fraction of sp³-hybridized carbons (Fsp3) is 0.894. The van der Waals surface area contributed by atoms with Crippen LogP contribution in [0.15, 0.2) is 12.2 Å². The lowest BCUT2D eigenvalue weighted by atomic mass is 9.99. The van der Waals surface area contributed by atoms with Crippen LogP contribution < -0.4 is 0 Å². The van der Waals surface area contributed by atoms with Gasteiger partial charge in [-0.15, -0.1) is 0 Å². The molecule has 0 saturated carbocycles. The van der Waals surface area contributed by atoms with Gasteiger partial charge in [-0.3, -0.25) is 9.59 Å². The first kappa shape index (κ1) is 54.0. The number of rotatable bonds is 40. The van der Waals surface area contributed by atoms with Crippen LogP contribution in [0, 0.1) is 0 Å². The van der Waals surface area contributed by atoms with Gasteiger partial charge in [0.15, 0.2) is 18.5 Å². The maximum Gasteiger partial charge on any atom is 0.335 e. The molecule has 6 atom stereocenters. The molecule has 0 radical (unpaired) electrons. The molecule has 58 heavy (non-hydrogen) atoms. The van der Waals surface area contributed by atoms with E-state index < -0.39 is 54.7 Å². The molecule has 1 fully saturated rings. The maximum absolute atomic E-state index is 12.8. The first-order valence-electron chi connectivity index (χ1n) is 23.7. The van der Waals surface area contributed by atoms with Crippen molar-refractivity contribution >= 4 is 17.9 Å². The summed E-state index contributed by atoms with van der Waals surface area (Å²) in [6.45, 7) is 3.82. The van der Waals surface area contributed by atoms with Crippen LogP contribution in [0.3, 0.4) is 0 Å². The average molecular weight is 827 g/mol. The quantitative estimate of drug-likeness (QED) is 0.0263. The van der Waals surface area contributed by atoms with Crippen molar-refractivity contribution in [1.82, 2.24) is 0 Å². The summed E-state index contributed by atoms with van der Waals surface area (Å²) in [6.07, 6.45) is 31.2. The topological polar surface area (TPSA) is 169 Å². The highest BCUT2D eigenvalue weighted by atomic mass is 16.7. The molecular formula is C47H86O11. The van der Waals surface area contributed by atoms with Gasteiger partial charge in [-0.05, 0) is 38.5 Å². The highest BCUT2D eigenvalue weighted by molar-refractivity contribution is 5.73. The van der Waals surface area contributed by atoms with Gasteiger partial charge in [0.2, 0.25) is 0 Å². The summed E-state index contributed by atoms with van der Waals surface area (Å²) in [7, 11) is 0. The number of aliphatic carboxylic acids is 1.